The molecule has 2 aromatic rings. The van der Waals surface area contributed by atoms with E-state index in [2.05, 4.69) is 22.4 Å². The van der Waals surface area contributed by atoms with Gasteiger partial charge in [0.1, 0.15) is 0 Å². The summed E-state index contributed by atoms with van der Waals surface area (Å²) in [5.41, 5.74) is 0.653. The zero-order valence-corrected chi connectivity index (χ0v) is 18.4. The Bertz CT molecular complexity index is 940. The van der Waals surface area contributed by atoms with Gasteiger partial charge in [0.15, 0.2) is 0 Å². The van der Waals surface area contributed by atoms with Crippen molar-refractivity contribution < 1.29 is 14.4 Å². The molecule has 0 saturated carbocycles. The smallest absolute Gasteiger partial charge is 0.286 e. The number of likely N-dealkylation sites (tertiary alicyclic amines) is 2. The molecular formula is C22H27N5O3S. The molecule has 1 unspecified atom stereocenters. The summed E-state index contributed by atoms with van der Waals surface area (Å²) in [5.74, 6) is -0.00144. The van der Waals surface area contributed by atoms with Crippen LogP contribution in [0.1, 0.15) is 52.2 Å². The van der Waals surface area contributed by atoms with E-state index < -0.39 is 5.91 Å². The summed E-state index contributed by atoms with van der Waals surface area (Å²) in [7, 11) is 0. The van der Waals surface area contributed by atoms with Crippen molar-refractivity contribution in [3.63, 3.8) is 0 Å². The molecule has 1 N–H and O–H groups in total. The minimum absolute atomic E-state index is 0.138. The first kappa shape index (κ1) is 21.4. The maximum Gasteiger partial charge on any atom is 0.286 e. The quantitative estimate of drug-likeness (QED) is 0.787. The molecule has 3 heterocycles. The maximum absolute atomic E-state index is 13.0. The van der Waals surface area contributed by atoms with Crippen LogP contribution < -0.4 is 5.32 Å². The van der Waals surface area contributed by atoms with Gasteiger partial charge < -0.3 is 15.1 Å². The standard InChI is InChI=1S/C22H27N5O3S/c1-15-9-12-26(13-10-15)21(29)16-6-5-11-27(14-16)22(30)20-25-24-19(31-20)18(28)23-17-7-3-2-4-8-17/h2-4,7-8,15-16H,5-6,9-14H2,1H3,(H,23,28). The van der Waals surface area contributed by atoms with E-state index in [1.165, 1.54) is 0 Å². The molecule has 1 atom stereocenters. The van der Waals surface area contributed by atoms with Crippen molar-refractivity contribution in [3.8, 4) is 0 Å². The molecule has 1 aromatic heterocycles. The highest BCUT2D eigenvalue weighted by atomic mass is 32.1. The van der Waals surface area contributed by atoms with Crippen LogP contribution in [0.3, 0.4) is 0 Å². The lowest BCUT2D eigenvalue weighted by Crippen LogP contribution is -2.48. The Morgan fingerprint density at radius 2 is 1.68 bits per heavy atom. The van der Waals surface area contributed by atoms with Crippen LogP contribution in [0.4, 0.5) is 5.69 Å². The Morgan fingerprint density at radius 3 is 2.42 bits per heavy atom. The maximum atomic E-state index is 13.0. The van der Waals surface area contributed by atoms with E-state index >= 15 is 0 Å². The molecule has 3 amide bonds. The number of carbonyl (C=O) groups is 3. The monoisotopic (exact) mass is 441 g/mol. The number of hydrogen-bond donors (Lipinski definition) is 1. The van der Waals surface area contributed by atoms with Crippen molar-refractivity contribution in [3.05, 3.63) is 40.3 Å². The molecule has 164 valence electrons. The Kier molecular flexibility index (Phi) is 6.60. The van der Waals surface area contributed by atoms with Crippen molar-refractivity contribution in [2.24, 2.45) is 11.8 Å². The molecule has 2 aliphatic heterocycles. The first-order valence-corrected chi connectivity index (χ1v) is 11.6. The van der Waals surface area contributed by atoms with E-state index in [0.29, 0.717) is 24.7 Å². The van der Waals surface area contributed by atoms with Gasteiger partial charge >= 0.3 is 0 Å². The molecular weight excluding hydrogens is 414 g/mol. The van der Waals surface area contributed by atoms with Crippen LogP contribution in [-0.4, -0.2) is 63.9 Å². The second-order valence-corrected chi connectivity index (χ2v) is 9.31. The largest absolute Gasteiger partial charge is 0.342 e. The Balaban J connectivity index is 1.37. The van der Waals surface area contributed by atoms with Crippen molar-refractivity contribution in [1.29, 1.82) is 0 Å². The molecule has 0 spiro atoms. The van der Waals surface area contributed by atoms with Crippen LogP contribution >= 0.6 is 11.3 Å². The second kappa shape index (κ2) is 9.55. The summed E-state index contributed by atoms with van der Waals surface area (Å²) in [5, 5.41) is 10.9. The van der Waals surface area contributed by atoms with Crippen LogP contribution in [-0.2, 0) is 4.79 Å². The minimum Gasteiger partial charge on any atom is -0.342 e. The predicted octanol–water partition coefficient (Wildman–Crippen LogP) is 2.90. The van der Waals surface area contributed by atoms with Gasteiger partial charge in [-0.1, -0.05) is 36.5 Å². The SMILES string of the molecule is CC1CCN(C(=O)C2CCCN(C(=O)c3nnc(C(=O)Nc4ccccc4)s3)C2)CC1. The van der Waals surface area contributed by atoms with Gasteiger partial charge in [-0.05, 0) is 43.7 Å². The summed E-state index contributed by atoms with van der Waals surface area (Å²) >= 11 is 0.979. The number of aromatic nitrogens is 2. The van der Waals surface area contributed by atoms with Gasteiger partial charge in [0.25, 0.3) is 11.8 Å². The summed E-state index contributed by atoms with van der Waals surface area (Å²) < 4.78 is 0. The number of rotatable bonds is 4. The number of amides is 3. The van der Waals surface area contributed by atoms with Gasteiger partial charge in [-0.25, -0.2) is 0 Å². The summed E-state index contributed by atoms with van der Waals surface area (Å²) in [6.07, 6.45) is 3.67. The van der Waals surface area contributed by atoms with Gasteiger partial charge in [0.2, 0.25) is 15.9 Å². The van der Waals surface area contributed by atoms with Crippen molar-refractivity contribution in [1.82, 2.24) is 20.0 Å². The minimum atomic E-state index is -0.395. The van der Waals surface area contributed by atoms with E-state index in [1.54, 1.807) is 17.0 Å². The zero-order valence-electron chi connectivity index (χ0n) is 17.6. The zero-order chi connectivity index (χ0) is 21.8. The van der Waals surface area contributed by atoms with Gasteiger partial charge in [-0.15, -0.1) is 10.2 Å². The van der Waals surface area contributed by atoms with E-state index in [4.69, 9.17) is 0 Å². The predicted molar refractivity (Wildman–Crippen MR) is 118 cm³/mol. The topological polar surface area (TPSA) is 95.5 Å². The molecule has 1 aromatic carbocycles. The fourth-order valence-electron chi connectivity index (χ4n) is 4.09. The summed E-state index contributed by atoms with van der Waals surface area (Å²) in [6.45, 7) is 4.82. The average Bonchev–Trinajstić information content (AvgIpc) is 3.30. The summed E-state index contributed by atoms with van der Waals surface area (Å²) in [4.78, 5) is 41.9. The van der Waals surface area contributed by atoms with Crippen LogP contribution in [0.25, 0.3) is 0 Å². The number of anilines is 1. The first-order valence-electron chi connectivity index (χ1n) is 10.8. The van der Waals surface area contributed by atoms with Crippen molar-refractivity contribution in [2.75, 3.05) is 31.5 Å². The lowest BCUT2D eigenvalue weighted by molar-refractivity contribution is -0.138. The fraction of sp³-hybridized carbons (Fsp3) is 0.500. The molecule has 4 rings (SSSR count). The highest BCUT2D eigenvalue weighted by molar-refractivity contribution is 7.15. The highest BCUT2D eigenvalue weighted by Crippen LogP contribution is 2.24. The normalized spacial score (nSPS) is 19.8. The molecule has 2 saturated heterocycles. The van der Waals surface area contributed by atoms with Gasteiger partial charge in [-0.2, -0.15) is 0 Å². The molecule has 2 fully saturated rings. The highest BCUT2D eigenvalue weighted by Gasteiger charge is 2.33. The molecule has 9 heteroatoms. The lowest BCUT2D eigenvalue weighted by Gasteiger charge is -2.37. The van der Waals surface area contributed by atoms with Crippen LogP contribution in [0.15, 0.2) is 30.3 Å². The van der Waals surface area contributed by atoms with E-state index in [0.717, 1.165) is 50.1 Å². The molecule has 0 radical (unpaired) electrons. The van der Waals surface area contributed by atoms with Gasteiger partial charge in [0.05, 0.1) is 5.92 Å². The third kappa shape index (κ3) is 5.10. The Labute approximate surface area is 185 Å². The molecule has 0 bridgehead atoms. The van der Waals surface area contributed by atoms with E-state index in [1.807, 2.05) is 23.1 Å². The van der Waals surface area contributed by atoms with Crippen molar-refractivity contribution >= 4 is 34.7 Å². The number of para-hydroxylation sites is 1. The number of hydrogen-bond acceptors (Lipinski definition) is 6. The van der Waals surface area contributed by atoms with E-state index in [-0.39, 0.29) is 27.7 Å². The third-order valence-electron chi connectivity index (χ3n) is 5.99. The van der Waals surface area contributed by atoms with Crippen LogP contribution in [0.5, 0.6) is 0 Å². The Hall–Kier alpha value is -2.81. The number of nitrogens with zero attached hydrogens (tertiary/aromatic N) is 4. The molecule has 0 aliphatic carbocycles. The van der Waals surface area contributed by atoms with E-state index in [9.17, 15) is 14.4 Å². The van der Waals surface area contributed by atoms with Crippen LogP contribution in [0, 0.1) is 11.8 Å². The first-order chi connectivity index (χ1) is 15.0. The lowest BCUT2D eigenvalue weighted by atomic mass is 9.93. The molecule has 2 aliphatic rings. The number of piperidine rings is 2. The number of carbonyl (C=O) groups excluding carboxylic acids is 3. The number of benzene rings is 1. The molecule has 31 heavy (non-hydrogen) atoms. The van der Waals surface area contributed by atoms with Gasteiger partial charge in [-0.3, -0.25) is 14.4 Å². The van der Waals surface area contributed by atoms with Gasteiger partial charge in [0, 0.05) is 31.9 Å². The summed E-state index contributed by atoms with van der Waals surface area (Å²) in [6, 6.07) is 9.06. The molecule has 8 nitrogen and oxygen atoms in total. The second-order valence-electron chi connectivity index (χ2n) is 8.33. The Morgan fingerprint density at radius 1 is 0.968 bits per heavy atom. The van der Waals surface area contributed by atoms with Crippen LogP contribution in [0.2, 0.25) is 0 Å². The third-order valence-corrected chi connectivity index (χ3v) is 6.90. The fourth-order valence-corrected chi connectivity index (χ4v) is 4.80. The average molecular weight is 442 g/mol. The van der Waals surface area contributed by atoms with Crippen molar-refractivity contribution in [2.45, 2.75) is 32.6 Å². The number of nitrogens with one attached hydrogen (secondary N) is 1.